The van der Waals surface area contributed by atoms with Gasteiger partial charge in [0, 0.05) is 19.8 Å². The summed E-state index contributed by atoms with van der Waals surface area (Å²) in [4.78, 5) is 2.08. The van der Waals surface area contributed by atoms with Crippen molar-refractivity contribution in [2.75, 3.05) is 19.0 Å². The van der Waals surface area contributed by atoms with Crippen LogP contribution in [0, 0.1) is 34.0 Å². The van der Waals surface area contributed by atoms with Gasteiger partial charge in [0.05, 0.1) is 0 Å². The highest BCUT2D eigenvalue weighted by Gasteiger charge is 2.31. The molecule has 1 fully saturated rings. The van der Waals surface area contributed by atoms with Crippen molar-refractivity contribution in [3.05, 3.63) is 47.1 Å². The minimum atomic E-state index is 0.121. The maximum atomic E-state index is 9.16. The molecule has 1 aromatic rings. The molecule has 0 aromatic heterocycles. The first-order valence-electron chi connectivity index (χ1n) is 8.32. The molecule has 2 rings (SSSR count). The average Bonchev–Trinajstić information content (AvgIpc) is 2.53. The minimum absolute atomic E-state index is 0.121. The van der Waals surface area contributed by atoms with Crippen molar-refractivity contribution in [1.82, 2.24) is 0 Å². The van der Waals surface area contributed by atoms with E-state index in [0.717, 1.165) is 24.8 Å². The first kappa shape index (κ1) is 17.8. The van der Waals surface area contributed by atoms with Gasteiger partial charge in [0.1, 0.15) is 17.7 Å². The smallest absolute Gasteiger partial charge is 0.128 e. The topological polar surface area (TPSA) is 50.8 Å². The van der Waals surface area contributed by atoms with Crippen molar-refractivity contribution in [3.8, 4) is 12.1 Å². The molecule has 1 unspecified atom stereocenters. The van der Waals surface area contributed by atoms with E-state index in [2.05, 4.69) is 67.3 Å². The Balaban J connectivity index is 2.18. The van der Waals surface area contributed by atoms with E-state index in [4.69, 9.17) is 10.5 Å². The second-order valence-corrected chi connectivity index (χ2v) is 7.56. The molecule has 0 bridgehead atoms. The number of benzene rings is 1. The van der Waals surface area contributed by atoms with Crippen LogP contribution in [0.15, 0.2) is 41.5 Å². The lowest BCUT2D eigenvalue weighted by Crippen LogP contribution is -2.24. The zero-order chi connectivity index (χ0) is 17.7. The fraction of sp³-hybridized carbons (Fsp3) is 0.429. The van der Waals surface area contributed by atoms with Crippen LogP contribution >= 0.6 is 0 Å². The molecule has 1 atom stereocenters. The van der Waals surface area contributed by atoms with Crippen LogP contribution in [0.4, 0.5) is 5.69 Å². The highest BCUT2D eigenvalue weighted by Crippen LogP contribution is 2.43. The molecule has 1 aromatic carbocycles. The summed E-state index contributed by atoms with van der Waals surface area (Å²) >= 11 is 0. The Bertz CT molecular complexity index is 706. The number of rotatable bonds is 3. The highest BCUT2D eigenvalue weighted by atomic mass is 15.1. The number of nitriles is 2. The first-order chi connectivity index (χ1) is 11.3. The quantitative estimate of drug-likeness (QED) is 0.742. The third kappa shape index (κ3) is 4.49. The number of nitrogens with zero attached hydrogens (tertiary/aromatic N) is 3. The Labute approximate surface area is 145 Å². The van der Waals surface area contributed by atoms with Crippen molar-refractivity contribution in [2.45, 2.75) is 33.1 Å². The fourth-order valence-electron chi connectivity index (χ4n) is 3.46. The second-order valence-electron chi connectivity index (χ2n) is 7.56. The van der Waals surface area contributed by atoms with Crippen LogP contribution in [0.1, 0.15) is 38.7 Å². The molecule has 124 valence electrons. The molecule has 1 aliphatic carbocycles. The molecule has 1 saturated carbocycles. The lowest BCUT2D eigenvalue weighted by atomic mass is 9.69. The molecule has 0 radical (unpaired) electrons. The van der Waals surface area contributed by atoms with E-state index in [1.807, 2.05) is 14.1 Å². The van der Waals surface area contributed by atoms with Crippen molar-refractivity contribution in [1.29, 1.82) is 10.5 Å². The lowest BCUT2D eigenvalue weighted by molar-refractivity contribution is 0.250. The maximum Gasteiger partial charge on any atom is 0.128 e. The molecule has 0 spiro atoms. The van der Waals surface area contributed by atoms with Crippen molar-refractivity contribution >= 4 is 11.8 Å². The van der Waals surface area contributed by atoms with Crippen LogP contribution in [0.25, 0.3) is 6.08 Å². The number of hydrogen-bond acceptors (Lipinski definition) is 3. The molecule has 3 nitrogen and oxygen atoms in total. The Hall–Kier alpha value is -2.52. The molecule has 0 heterocycles. The average molecular weight is 319 g/mol. The monoisotopic (exact) mass is 319 g/mol. The van der Waals surface area contributed by atoms with Gasteiger partial charge in [-0.25, -0.2) is 0 Å². The van der Waals surface area contributed by atoms with Gasteiger partial charge in [0.25, 0.3) is 0 Å². The van der Waals surface area contributed by atoms with Gasteiger partial charge in [-0.3, -0.25) is 0 Å². The van der Waals surface area contributed by atoms with Gasteiger partial charge in [0.2, 0.25) is 0 Å². The zero-order valence-corrected chi connectivity index (χ0v) is 15.0. The summed E-state index contributed by atoms with van der Waals surface area (Å²) < 4.78 is 0. The van der Waals surface area contributed by atoms with Gasteiger partial charge in [-0.2, -0.15) is 10.5 Å². The van der Waals surface area contributed by atoms with Gasteiger partial charge in [-0.1, -0.05) is 38.1 Å². The second kappa shape index (κ2) is 7.37. The molecule has 0 N–H and O–H groups in total. The standard InChI is InChI=1S/C21H25N3/c1-21(2)12-17(11-18(13-21)19(14-22)15-23)6-5-16-7-9-20(10-8-16)24(3)4/h5-10,17H,11-13H2,1-4H3/b6-5+. The molecule has 24 heavy (non-hydrogen) atoms. The van der Waals surface area contributed by atoms with Crippen LogP contribution in [-0.2, 0) is 0 Å². The van der Waals surface area contributed by atoms with Gasteiger partial charge < -0.3 is 4.90 Å². The van der Waals surface area contributed by atoms with Gasteiger partial charge >= 0.3 is 0 Å². The minimum Gasteiger partial charge on any atom is -0.378 e. The number of hydrogen-bond donors (Lipinski definition) is 0. The summed E-state index contributed by atoms with van der Waals surface area (Å²) in [5.41, 5.74) is 3.79. The molecule has 0 saturated heterocycles. The van der Waals surface area contributed by atoms with Gasteiger partial charge in [-0.15, -0.1) is 0 Å². The molecule has 0 amide bonds. The normalized spacial score (nSPS) is 19.6. The SMILES string of the molecule is CN(C)c1ccc(/C=C/C2CC(=C(C#N)C#N)CC(C)(C)C2)cc1. The van der Waals surface area contributed by atoms with E-state index in [1.165, 1.54) is 11.3 Å². The summed E-state index contributed by atoms with van der Waals surface area (Å²) in [5, 5.41) is 18.3. The van der Waals surface area contributed by atoms with Crippen molar-refractivity contribution < 1.29 is 0 Å². The van der Waals surface area contributed by atoms with Gasteiger partial charge in [0.15, 0.2) is 0 Å². The Morgan fingerprint density at radius 2 is 1.79 bits per heavy atom. The van der Waals surface area contributed by atoms with E-state index >= 15 is 0 Å². The third-order valence-electron chi connectivity index (χ3n) is 4.56. The Morgan fingerprint density at radius 1 is 1.17 bits per heavy atom. The summed E-state index contributed by atoms with van der Waals surface area (Å²) in [5.74, 6) is 0.369. The first-order valence-corrected chi connectivity index (χ1v) is 8.32. The molecular weight excluding hydrogens is 294 g/mol. The van der Waals surface area contributed by atoms with E-state index in [0.29, 0.717) is 11.5 Å². The summed E-state index contributed by atoms with van der Waals surface area (Å²) in [6.07, 6.45) is 7.11. The van der Waals surface area contributed by atoms with Gasteiger partial charge in [-0.05, 0) is 53.9 Å². The molecule has 0 aliphatic heterocycles. The maximum absolute atomic E-state index is 9.16. The number of anilines is 1. The fourth-order valence-corrected chi connectivity index (χ4v) is 3.46. The zero-order valence-electron chi connectivity index (χ0n) is 15.0. The number of allylic oxidation sites excluding steroid dienone is 3. The van der Waals surface area contributed by atoms with E-state index in [-0.39, 0.29) is 5.41 Å². The van der Waals surface area contributed by atoms with E-state index < -0.39 is 0 Å². The van der Waals surface area contributed by atoms with Crippen molar-refractivity contribution in [3.63, 3.8) is 0 Å². The molecule has 1 aliphatic rings. The highest BCUT2D eigenvalue weighted by molar-refractivity contribution is 5.55. The van der Waals surface area contributed by atoms with E-state index in [9.17, 15) is 0 Å². The molecule has 3 heteroatoms. The van der Waals surface area contributed by atoms with E-state index in [1.54, 1.807) is 0 Å². The molecular formula is C21H25N3. The third-order valence-corrected chi connectivity index (χ3v) is 4.56. The summed E-state index contributed by atoms with van der Waals surface area (Å²) in [7, 11) is 4.07. The van der Waals surface area contributed by atoms with Crippen LogP contribution in [-0.4, -0.2) is 14.1 Å². The summed E-state index contributed by atoms with van der Waals surface area (Å²) in [6, 6.07) is 12.6. The van der Waals surface area contributed by atoms with Crippen LogP contribution < -0.4 is 4.90 Å². The van der Waals surface area contributed by atoms with Crippen LogP contribution in [0.3, 0.4) is 0 Å². The van der Waals surface area contributed by atoms with Crippen LogP contribution in [0.5, 0.6) is 0 Å². The largest absolute Gasteiger partial charge is 0.378 e. The Morgan fingerprint density at radius 3 is 2.33 bits per heavy atom. The van der Waals surface area contributed by atoms with Crippen LogP contribution in [0.2, 0.25) is 0 Å². The predicted octanol–water partition coefficient (Wildman–Crippen LogP) is 4.94. The summed E-state index contributed by atoms with van der Waals surface area (Å²) in [6.45, 7) is 4.43. The predicted molar refractivity (Wildman–Crippen MR) is 99.2 cm³/mol. The Kier molecular flexibility index (Phi) is 5.47. The lowest BCUT2D eigenvalue weighted by Gasteiger charge is -2.35. The van der Waals surface area contributed by atoms with Crippen molar-refractivity contribution in [2.24, 2.45) is 11.3 Å².